The van der Waals surface area contributed by atoms with E-state index in [0.29, 0.717) is 5.56 Å². The Morgan fingerprint density at radius 1 is 1.29 bits per heavy atom. The van der Waals surface area contributed by atoms with Crippen molar-refractivity contribution in [1.82, 2.24) is 4.90 Å². The normalized spacial score (nSPS) is 19.2. The third-order valence-corrected chi connectivity index (χ3v) is 3.16. The molecule has 1 aromatic carbocycles. The van der Waals surface area contributed by atoms with E-state index in [0.717, 1.165) is 39.3 Å². The minimum Gasteiger partial charge on any atom is -0.379 e. The van der Waals surface area contributed by atoms with Gasteiger partial charge in [0.25, 0.3) is 0 Å². The zero-order valence-electron chi connectivity index (χ0n) is 9.94. The molecule has 2 N–H and O–H groups in total. The first-order chi connectivity index (χ1) is 8.27. The van der Waals surface area contributed by atoms with Crippen molar-refractivity contribution in [2.75, 3.05) is 32.8 Å². The first-order valence-electron chi connectivity index (χ1n) is 6.07. The van der Waals surface area contributed by atoms with Crippen LogP contribution in [-0.2, 0) is 4.74 Å². The zero-order valence-corrected chi connectivity index (χ0v) is 9.94. The molecule has 1 aliphatic rings. The predicted octanol–water partition coefficient (Wildman–Crippen LogP) is 1.55. The van der Waals surface area contributed by atoms with Gasteiger partial charge in [0.15, 0.2) is 0 Å². The van der Waals surface area contributed by atoms with E-state index in [9.17, 15) is 4.39 Å². The molecule has 1 aromatic rings. The zero-order chi connectivity index (χ0) is 12.1. The molecule has 3 nitrogen and oxygen atoms in total. The number of benzene rings is 1. The van der Waals surface area contributed by atoms with Gasteiger partial charge in [0.05, 0.1) is 13.2 Å². The number of hydrogen-bond acceptors (Lipinski definition) is 3. The molecule has 1 heterocycles. The maximum absolute atomic E-state index is 13.5. The number of hydrogen-bond donors (Lipinski definition) is 1. The molecular weight excluding hydrogens is 219 g/mol. The van der Waals surface area contributed by atoms with E-state index in [1.165, 1.54) is 6.07 Å². The van der Waals surface area contributed by atoms with E-state index in [-0.39, 0.29) is 11.9 Å². The Balaban J connectivity index is 1.84. The topological polar surface area (TPSA) is 38.5 Å². The molecular formula is C13H19FN2O. The van der Waals surface area contributed by atoms with Gasteiger partial charge in [0.2, 0.25) is 0 Å². The third kappa shape index (κ3) is 3.49. The highest BCUT2D eigenvalue weighted by Crippen LogP contribution is 2.17. The maximum Gasteiger partial charge on any atom is 0.127 e. The summed E-state index contributed by atoms with van der Waals surface area (Å²) in [5.41, 5.74) is 6.63. The van der Waals surface area contributed by atoms with Crippen LogP contribution >= 0.6 is 0 Å². The maximum atomic E-state index is 13.5. The highest BCUT2D eigenvalue weighted by molar-refractivity contribution is 5.20. The molecule has 0 radical (unpaired) electrons. The highest BCUT2D eigenvalue weighted by atomic mass is 19.1. The monoisotopic (exact) mass is 238 g/mol. The molecule has 94 valence electrons. The van der Waals surface area contributed by atoms with Gasteiger partial charge in [0, 0.05) is 31.2 Å². The van der Waals surface area contributed by atoms with Crippen molar-refractivity contribution in [3.05, 3.63) is 35.6 Å². The minimum absolute atomic E-state index is 0.207. The van der Waals surface area contributed by atoms with Crippen molar-refractivity contribution in [3.8, 4) is 0 Å². The van der Waals surface area contributed by atoms with Crippen LogP contribution < -0.4 is 5.73 Å². The van der Waals surface area contributed by atoms with Crippen molar-refractivity contribution in [2.24, 2.45) is 5.73 Å². The summed E-state index contributed by atoms with van der Waals surface area (Å²) in [7, 11) is 0. The van der Waals surface area contributed by atoms with E-state index in [1.807, 2.05) is 6.07 Å². The molecule has 0 spiro atoms. The summed E-state index contributed by atoms with van der Waals surface area (Å²) in [6.45, 7) is 4.37. The van der Waals surface area contributed by atoms with Crippen LogP contribution in [0.3, 0.4) is 0 Å². The number of nitrogens with zero attached hydrogens (tertiary/aromatic N) is 1. The molecule has 1 aliphatic heterocycles. The van der Waals surface area contributed by atoms with Crippen LogP contribution in [0.1, 0.15) is 18.0 Å². The number of morpholine rings is 1. The largest absolute Gasteiger partial charge is 0.379 e. The second-order valence-corrected chi connectivity index (χ2v) is 4.37. The van der Waals surface area contributed by atoms with Gasteiger partial charge in [-0.15, -0.1) is 0 Å². The van der Waals surface area contributed by atoms with Crippen molar-refractivity contribution in [3.63, 3.8) is 0 Å². The van der Waals surface area contributed by atoms with Crippen molar-refractivity contribution in [1.29, 1.82) is 0 Å². The van der Waals surface area contributed by atoms with Crippen LogP contribution in [0.15, 0.2) is 24.3 Å². The summed E-state index contributed by atoms with van der Waals surface area (Å²) in [6, 6.07) is 6.52. The van der Waals surface area contributed by atoms with E-state index in [4.69, 9.17) is 10.5 Å². The number of ether oxygens (including phenoxy) is 1. The third-order valence-electron chi connectivity index (χ3n) is 3.16. The molecule has 1 saturated heterocycles. The second kappa shape index (κ2) is 6.10. The number of rotatable bonds is 4. The first-order valence-corrected chi connectivity index (χ1v) is 6.07. The summed E-state index contributed by atoms with van der Waals surface area (Å²) >= 11 is 0. The molecule has 0 bridgehead atoms. The quantitative estimate of drug-likeness (QED) is 0.865. The lowest BCUT2D eigenvalue weighted by molar-refractivity contribution is 0.0366. The smallest absolute Gasteiger partial charge is 0.127 e. The van der Waals surface area contributed by atoms with Gasteiger partial charge >= 0.3 is 0 Å². The molecule has 1 atom stereocenters. The minimum atomic E-state index is -0.223. The molecule has 0 saturated carbocycles. The molecule has 0 aliphatic carbocycles. The predicted molar refractivity (Wildman–Crippen MR) is 65.2 cm³/mol. The van der Waals surface area contributed by atoms with Gasteiger partial charge < -0.3 is 10.5 Å². The van der Waals surface area contributed by atoms with Gasteiger partial charge in [0.1, 0.15) is 5.82 Å². The summed E-state index contributed by atoms with van der Waals surface area (Å²) in [5.74, 6) is -0.207. The average Bonchev–Trinajstić information content (AvgIpc) is 2.38. The van der Waals surface area contributed by atoms with Crippen molar-refractivity contribution >= 4 is 0 Å². The average molecular weight is 238 g/mol. The van der Waals surface area contributed by atoms with Crippen LogP contribution in [-0.4, -0.2) is 37.7 Å². The molecule has 17 heavy (non-hydrogen) atoms. The highest BCUT2D eigenvalue weighted by Gasteiger charge is 2.14. The SMILES string of the molecule is NC(CCN1CCOCC1)c1ccccc1F. The van der Waals surface area contributed by atoms with Crippen LogP contribution in [0.4, 0.5) is 4.39 Å². The summed E-state index contributed by atoms with van der Waals surface area (Å²) in [5, 5.41) is 0. The van der Waals surface area contributed by atoms with Crippen LogP contribution in [0.2, 0.25) is 0 Å². The number of nitrogens with two attached hydrogens (primary N) is 1. The Hall–Kier alpha value is -0.970. The van der Waals surface area contributed by atoms with Gasteiger partial charge in [-0.1, -0.05) is 18.2 Å². The fraction of sp³-hybridized carbons (Fsp3) is 0.538. The van der Waals surface area contributed by atoms with Crippen molar-refractivity contribution < 1.29 is 9.13 Å². The fourth-order valence-electron chi connectivity index (χ4n) is 2.08. The Morgan fingerprint density at radius 3 is 2.71 bits per heavy atom. The van der Waals surface area contributed by atoms with E-state index in [1.54, 1.807) is 12.1 Å². The molecule has 0 aromatic heterocycles. The van der Waals surface area contributed by atoms with E-state index >= 15 is 0 Å². The summed E-state index contributed by atoms with van der Waals surface area (Å²) < 4.78 is 18.8. The van der Waals surface area contributed by atoms with Gasteiger partial charge in [-0.3, -0.25) is 4.90 Å². The Morgan fingerprint density at radius 2 is 2.00 bits per heavy atom. The van der Waals surface area contributed by atoms with Crippen LogP contribution in [0, 0.1) is 5.82 Å². The number of halogens is 1. The van der Waals surface area contributed by atoms with Crippen molar-refractivity contribution in [2.45, 2.75) is 12.5 Å². The fourth-order valence-corrected chi connectivity index (χ4v) is 2.08. The molecule has 2 rings (SSSR count). The Bertz CT molecular complexity index is 353. The van der Waals surface area contributed by atoms with Crippen LogP contribution in [0.25, 0.3) is 0 Å². The molecule has 1 fully saturated rings. The van der Waals surface area contributed by atoms with Crippen LogP contribution in [0.5, 0.6) is 0 Å². The molecule has 4 heteroatoms. The summed E-state index contributed by atoms with van der Waals surface area (Å²) in [4.78, 5) is 2.31. The first kappa shape index (κ1) is 12.5. The summed E-state index contributed by atoms with van der Waals surface area (Å²) in [6.07, 6.45) is 0.779. The lowest BCUT2D eigenvalue weighted by atomic mass is 10.0. The molecule has 0 amide bonds. The lowest BCUT2D eigenvalue weighted by Crippen LogP contribution is -2.37. The Kier molecular flexibility index (Phi) is 4.48. The van der Waals surface area contributed by atoms with E-state index < -0.39 is 0 Å². The lowest BCUT2D eigenvalue weighted by Gasteiger charge is -2.27. The van der Waals surface area contributed by atoms with Gasteiger partial charge in [-0.05, 0) is 12.5 Å². The standard InChI is InChI=1S/C13H19FN2O/c14-12-4-2-1-3-11(12)13(15)5-6-16-7-9-17-10-8-16/h1-4,13H,5-10,15H2. The van der Waals surface area contributed by atoms with Gasteiger partial charge in [-0.25, -0.2) is 4.39 Å². The molecule has 1 unspecified atom stereocenters. The second-order valence-electron chi connectivity index (χ2n) is 4.37. The van der Waals surface area contributed by atoms with Gasteiger partial charge in [-0.2, -0.15) is 0 Å². The van der Waals surface area contributed by atoms with E-state index in [2.05, 4.69) is 4.90 Å². The Labute approximate surface area is 101 Å².